The first-order valence-corrected chi connectivity index (χ1v) is 9.71. The molecule has 6 nitrogen and oxygen atoms in total. The molecule has 134 valence electrons. The molecule has 2 aromatic carbocycles. The minimum atomic E-state index is -3.33. The van der Waals surface area contributed by atoms with E-state index in [1.807, 2.05) is 12.1 Å². The van der Waals surface area contributed by atoms with Crippen LogP contribution in [0.3, 0.4) is 0 Å². The molecular formula is C17H19ClN2O4S. The van der Waals surface area contributed by atoms with Gasteiger partial charge in [0, 0.05) is 12.6 Å². The van der Waals surface area contributed by atoms with Crippen LogP contribution in [0, 0.1) is 0 Å². The number of amides is 1. The highest BCUT2D eigenvalue weighted by Crippen LogP contribution is 2.22. The van der Waals surface area contributed by atoms with Crippen molar-refractivity contribution < 1.29 is 17.9 Å². The van der Waals surface area contributed by atoms with Gasteiger partial charge in [-0.25, -0.2) is 8.42 Å². The van der Waals surface area contributed by atoms with Gasteiger partial charge in [-0.1, -0.05) is 23.7 Å². The lowest BCUT2D eigenvalue weighted by molar-refractivity contribution is 0.0947. The molecule has 0 atom stereocenters. The van der Waals surface area contributed by atoms with Crippen LogP contribution < -0.4 is 14.4 Å². The zero-order valence-electron chi connectivity index (χ0n) is 13.9. The molecule has 0 saturated heterocycles. The van der Waals surface area contributed by atoms with Crippen molar-refractivity contribution in [1.29, 1.82) is 0 Å². The second-order valence-corrected chi connectivity index (χ2v) is 7.73. The van der Waals surface area contributed by atoms with Crippen molar-refractivity contribution in [1.82, 2.24) is 5.32 Å². The zero-order chi connectivity index (χ0) is 18.4. The fraction of sp³-hybridized carbons (Fsp3) is 0.235. The topological polar surface area (TPSA) is 75.7 Å². The van der Waals surface area contributed by atoms with Crippen LogP contribution in [0.2, 0.25) is 5.02 Å². The molecule has 0 aliphatic heterocycles. The fourth-order valence-corrected chi connectivity index (χ4v) is 2.70. The van der Waals surface area contributed by atoms with Crippen LogP contribution in [0.1, 0.15) is 10.4 Å². The number of anilines is 1. The van der Waals surface area contributed by atoms with Crippen LogP contribution in [0.25, 0.3) is 0 Å². The molecule has 2 aromatic rings. The summed E-state index contributed by atoms with van der Waals surface area (Å²) in [5.41, 5.74) is 0.921. The maximum Gasteiger partial charge on any atom is 0.251 e. The standard InChI is InChI=1S/C17H19ClN2O4S/c1-20(25(2,22)23)14-9-7-13(8-10-14)17(21)19-11-12-24-16-6-4-3-5-15(16)18/h3-10H,11-12H2,1-2H3,(H,19,21). The largest absolute Gasteiger partial charge is 0.490 e. The summed E-state index contributed by atoms with van der Waals surface area (Å²) in [6, 6.07) is 13.4. The molecule has 1 N–H and O–H groups in total. The molecule has 25 heavy (non-hydrogen) atoms. The van der Waals surface area contributed by atoms with E-state index in [4.69, 9.17) is 16.3 Å². The predicted molar refractivity (Wildman–Crippen MR) is 99.0 cm³/mol. The van der Waals surface area contributed by atoms with E-state index < -0.39 is 10.0 Å². The van der Waals surface area contributed by atoms with Crippen molar-refractivity contribution in [3.63, 3.8) is 0 Å². The van der Waals surface area contributed by atoms with Gasteiger partial charge in [0.15, 0.2) is 0 Å². The molecule has 0 bridgehead atoms. The number of carbonyl (C=O) groups is 1. The van der Waals surface area contributed by atoms with Crippen molar-refractivity contribution >= 4 is 33.2 Å². The Bertz CT molecular complexity index is 838. The maximum atomic E-state index is 12.1. The fourth-order valence-electron chi connectivity index (χ4n) is 2.00. The third kappa shape index (κ3) is 5.37. The minimum Gasteiger partial charge on any atom is -0.490 e. The van der Waals surface area contributed by atoms with Gasteiger partial charge in [-0.15, -0.1) is 0 Å². The van der Waals surface area contributed by atoms with Gasteiger partial charge in [-0.3, -0.25) is 9.10 Å². The van der Waals surface area contributed by atoms with Crippen LogP contribution in [0.5, 0.6) is 5.75 Å². The van der Waals surface area contributed by atoms with Gasteiger partial charge in [-0.2, -0.15) is 0 Å². The van der Waals surface area contributed by atoms with Gasteiger partial charge in [-0.05, 0) is 36.4 Å². The molecule has 0 spiro atoms. The SMILES string of the molecule is CN(c1ccc(C(=O)NCCOc2ccccc2Cl)cc1)S(C)(=O)=O. The highest BCUT2D eigenvalue weighted by molar-refractivity contribution is 7.92. The van der Waals surface area contributed by atoms with Crippen LogP contribution >= 0.6 is 11.6 Å². The van der Waals surface area contributed by atoms with Crippen molar-refractivity contribution in [2.45, 2.75) is 0 Å². The number of carbonyl (C=O) groups excluding carboxylic acids is 1. The maximum absolute atomic E-state index is 12.1. The van der Waals surface area contributed by atoms with Crippen LogP contribution in [0.4, 0.5) is 5.69 Å². The number of hydrogen-bond donors (Lipinski definition) is 1. The van der Waals surface area contributed by atoms with Gasteiger partial charge < -0.3 is 10.1 Å². The van der Waals surface area contributed by atoms with Crippen LogP contribution in [0.15, 0.2) is 48.5 Å². The Morgan fingerprint density at radius 1 is 1.16 bits per heavy atom. The number of benzene rings is 2. The summed E-state index contributed by atoms with van der Waals surface area (Å²) in [7, 11) is -1.88. The Kier molecular flexibility index (Phi) is 6.27. The molecule has 0 heterocycles. The third-order valence-corrected chi connectivity index (χ3v) is 4.99. The summed E-state index contributed by atoms with van der Waals surface area (Å²) in [6.45, 7) is 0.597. The number of halogens is 1. The smallest absolute Gasteiger partial charge is 0.251 e. The van der Waals surface area contributed by atoms with Gasteiger partial charge >= 0.3 is 0 Å². The van der Waals surface area contributed by atoms with Crippen molar-refractivity contribution in [2.24, 2.45) is 0 Å². The molecule has 0 radical (unpaired) electrons. The van der Waals surface area contributed by atoms with Gasteiger partial charge in [0.05, 0.1) is 23.5 Å². The first-order chi connectivity index (χ1) is 11.8. The lowest BCUT2D eigenvalue weighted by Gasteiger charge is -2.16. The van der Waals surface area contributed by atoms with Crippen LogP contribution in [-0.2, 0) is 10.0 Å². The highest BCUT2D eigenvalue weighted by Gasteiger charge is 2.12. The summed E-state index contributed by atoms with van der Waals surface area (Å²) < 4.78 is 29.6. The number of nitrogens with zero attached hydrogens (tertiary/aromatic N) is 1. The second kappa shape index (κ2) is 8.22. The predicted octanol–water partition coefficient (Wildman–Crippen LogP) is 2.54. The number of ether oxygens (including phenoxy) is 1. The molecule has 0 aliphatic rings. The van der Waals surface area contributed by atoms with Gasteiger partial charge in [0.25, 0.3) is 5.91 Å². The quantitative estimate of drug-likeness (QED) is 0.746. The Labute approximate surface area is 152 Å². The Hall–Kier alpha value is -2.25. The van der Waals surface area contributed by atoms with E-state index in [-0.39, 0.29) is 12.5 Å². The first-order valence-electron chi connectivity index (χ1n) is 7.48. The average molecular weight is 383 g/mol. The van der Waals surface area contributed by atoms with E-state index in [9.17, 15) is 13.2 Å². The Morgan fingerprint density at radius 2 is 1.80 bits per heavy atom. The van der Waals surface area contributed by atoms with E-state index in [1.165, 1.54) is 7.05 Å². The molecule has 0 unspecified atom stereocenters. The highest BCUT2D eigenvalue weighted by atomic mass is 35.5. The molecule has 0 fully saturated rings. The summed E-state index contributed by atoms with van der Waals surface area (Å²) in [6.07, 6.45) is 1.12. The molecule has 0 aliphatic carbocycles. The van der Waals surface area contributed by atoms with Crippen molar-refractivity contribution in [3.8, 4) is 5.75 Å². The summed E-state index contributed by atoms with van der Waals surface area (Å²) in [5.74, 6) is 0.294. The Balaban J connectivity index is 1.86. The summed E-state index contributed by atoms with van der Waals surface area (Å²) in [4.78, 5) is 12.1. The number of para-hydroxylation sites is 1. The number of hydrogen-bond acceptors (Lipinski definition) is 4. The molecule has 0 saturated carbocycles. The average Bonchev–Trinajstić information content (AvgIpc) is 2.58. The molecule has 1 amide bonds. The number of rotatable bonds is 7. The van der Waals surface area contributed by atoms with E-state index in [0.29, 0.717) is 28.6 Å². The van der Waals surface area contributed by atoms with Crippen LogP contribution in [-0.4, -0.2) is 40.8 Å². The second-order valence-electron chi connectivity index (χ2n) is 5.31. The first kappa shape index (κ1) is 19.1. The Morgan fingerprint density at radius 3 is 2.40 bits per heavy atom. The lowest BCUT2D eigenvalue weighted by atomic mass is 10.2. The zero-order valence-corrected chi connectivity index (χ0v) is 15.5. The molecule has 2 rings (SSSR count). The summed E-state index contributed by atoms with van der Waals surface area (Å²) >= 11 is 5.97. The molecule has 8 heteroatoms. The summed E-state index contributed by atoms with van der Waals surface area (Å²) in [5, 5.41) is 3.24. The van der Waals surface area contributed by atoms with E-state index >= 15 is 0 Å². The van der Waals surface area contributed by atoms with Crippen molar-refractivity contribution in [3.05, 3.63) is 59.1 Å². The van der Waals surface area contributed by atoms with Gasteiger partial charge in [0.1, 0.15) is 12.4 Å². The van der Waals surface area contributed by atoms with E-state index in [0.717, 1.165) is 10.6 Å². The van der Waals surface area contributed by atoms with E-state index in [2.05, 4.69) is 5.32 Å². The normalized spacial score (nSPS) is 11.0. The lowest BCUT2D eigenvalue weighted by Crippen LogP contribution is -2.28. The number of sulfonamides is 1. The van der Waals surface area contributed by atoms with Crippen molar-refractivity contribution in [2.75, 3.05) is 30.8 Å². The minimum absolute atomic E-state index is 0.267. The third-order valence-electron chi connectivity index (χ3n) is 3.47. The monoisotopic (exact) mass is 382 g/mol. The number of nitrogens with one attached hydrogen (secondary N) is 1. The molecular weight excluding hydrogens is 364 g/mol. The van der Waals surface area contributed by atoms with Gasteiger partial charge in [0.2, 0.25) is 10.0 Å². The van der Waals surface area contributed by atoms with E-state index in [1.54, 1.807) is 36.4 Å². The molecule has 0 aromatic heterocycles.